The normalized spacial score (nSPS) is 19.1. The lowest BCUT2D eigenvalue weighted by Gasteiger charge is -2.32. The highest BCUT2D eigenvalue weighted by Gasteiger charge is 2.19. The summed E-state index contributed by atoms with van der Waals surface area (Å²) < 4.78 is 0. The van der Waals surface area contributed by atoms with Gasteiger partial charge in [-0.2, -0.15) is 0 Å². The summed E-state index contributed by atoms with van der Waals surface area (Å²) in [6, 6.07) is 1.19. The third-order valence-corrected chi connectivity index (χ3v) is 4.88. The summed E-state index contributed by atoms with van der Waals surface area (Å²) in [5.41, 5.74) is 0. The first kappa shape index (κ1) is 20.2. The Balaban J connectivity index is 2.38. The van der Waals surface area contributed by atoms with Gasteiger partial charge in [0.1, 0.15) is 0 Å². The van der Waals surface area contributed by atoms with E-state index in [9.17, 15) is 0 Å². The van der Waals surface area contributed by atoms with Crippen LogP contribution in [0.4, 0.5) is 0 Å². The zero-order valence-electron chi connectivity index (χ0n) is 16.1. The van der Waals surface area contributed by atoms with Crippen molar-refractivity contribution in [3.8, 4) is 0 Å². The largest absolute Gasteiger partial charge is 0.357 e. The molecule has 0 radical (unpaired) electrons. The molecule has 0 spiro atoms. The van der Waals surface area contributed by atoms with Crippen LogP contribution in [0.5, 0.6) is 0 Å². The fourth-order valence-electron chi connectivity index (χ4n) is 2.98. The van der Waals surface area contributed by atoms with Crippen LogP contribution in [0.25, 0.3) is 0 Å². The Hall–Kier alpha value is -0.810. The highest BCUT2D eigenvalue weighted by molar-refractivity contribution is 5.80. The molecule has 1 rings (SSSR count). The first-order valence-corrected chi connectivity index (χ1v) is 9.58. The molecular formula is C18H39N5. The van der Waals surface area contributed by atoms with Gasteiger partial charge >= 0.3 is 0 Å². The monoisotopic (exact) mass is 325 g/mol. The number of likely N-dealkylation sites (N-methyl/N-ethyl adjacent to an activating group) is 1. The molecule has 23 heavy (non-hydrogen) atoms. The summed E-state index contributed by atoms with van der Waals surface area (Å²) in [4.78, 5) is 9.72. The second kappa shape index (κ2) is 11.7. The van der Waals surface area contributed by atoms with Gasteiger partial charge in [0, 0.05) is 38.3 Å². The molecule has 1 atom stereocenters. The minimum atomic E-state index is 0.563. The zero-order valence-corrected chi connectivity index (χ0v) is 16.1. The fraction of sp³-hybridized carbons (Fsp3) is 0.944. The molecule has 2 N–H and O–H groups in total. The van der Waals surface area contributed by atoms with Crippen molar-refractivity contribution >= 4 is 5.96 Å². The molecule has 0 aliphatic carbocycles. The van der Waals surface area contributed by atoms with Gasteiger partial charge in [-0.1, -0.05) is 13.8 Å². The summed E-state index contributed by atoms with van der Waals surface area (Å²) in [5.74, 6) is 0.985. The van der Waals surface area contributed by atoms with Crippen molar-refractivity contribution in [2.24, 2.45) is 4.99 Å². The number of aliphatic imine (C=N–C) groups is 1. The van der Waals surface area contributed by atoms with Gasteiger partial charge in [-0.05, 0) is 53.1 Å². The van der Waals surface area contributed by atoms with Crippen molar-refractivity contribution in [1.82, 2.24) is 20.4 Å². The standard InChI is InChI=1S/C18H39N5/c1-6-12-23-13-9-17(10-14-23)21-18(19-8-3)20-11-15-22(5)16(4)7-2/h16-17H,6-15H2,1-5H3,(H2,19,20,21). The molecule has 1 heterocycles. The molecule has 0 amide bonds. The first-order valence-electron chi connectivity index (χ1n) is 9.58. The van der Waals surface area contributed by atoms with Gasteiger partial charge in [-0.15, -0.1) is 0 Å². The highest BCUT2D eigenvalue weighted by Crippen LogP contribution is 2.10. The van der Waals surface area contributed by atoms with Gasteiger partial charge in [-0.3, -0.25) is 4.99 Å². The molecule has 0 aromatic carbocycles. The topological polar surface area (TPSA) is 42.9 Å². The Kier molecular flexibility index (Phi) is 10.3. The maximum Gasteiger partial charge on any atom is 0.191 e. The predicted molar refractivity (Wildman–Crippen MR) is 101 cm³/mol. The average molecular weight is 326 g/mol. The van der Waals surface area contributed by atoms with Crippen LogP contribution in [0.2, 0.25) is 0 Å². The first-order chi connectivity index (χ1) is 11.1. The Bertz CT molecular complexity index is 323. The van der Waals surface area contributed by atoms with Gasteiger partial charge in [0.15, 0.2) is 5.96 Å². The van der Waals surface area contributed by atoms with Crippen LogP contribution in [0.3, 0.4) is 0 Å². The van der Waals surface area contributed by atoms with Gasteiger partial charge in [0.05, 0.1) is 6.54 Å². The van der Waals surface area contributed by atoms with Crippen molar-refractivity contribution in [2.75, 3.05) is 46.3 Å². The van der Waals surface area contributed by atoms with E-state index in [-0.39, 0.29) is 0 Å². The van der Waals surface area contributed by atoms with Crippen LogP contribution < -0.4 is 10.6 Å². The van der Waals surface area contributed by atoms with E-state index >= 15 is 0 Å². The summed E-state index contributed by atoms with van der Waals surface area (Å²) in [7, 11) is 2.19. The minimum absolute atomic E-state index is 0.563. The Morgan fingerprint density at radius 3 is 2.52 bits per heavy atom. The maximum absolute atomic E-state index is 4.76. The molecule has 5 heteroatoms. The molecule has 0 aromatic heterocycles. The fourth-order valence-corrected chi connectivity index (χ4v) is 2.98. The van der Waals surface area contributed by atoms with E-state index in [1.807, 2.05) is 0 Å². The number of rotatable bonds is 9. The van der Waals surface area contributed by atoms with E-state index in [0.717, 1.165) is 25.6 Å². The van der Waals surface area contributed by atoms with Gasteiger partial charge in [-0.25, -0.2) is 0 Å². The summed E-state index contributed by atoms with van der Waals surface area (Å²) in [5, 5.41) is 7.02. The van der Waals surface area contributed by atoms with Crippen LogP contribution in [-0.4, -0.2) is 74.2 Å². The van der Waals surface area contributed by atoms with E-state index in [0.29, 0.717) is 12.1 Å². The van der Waals surface area contributed by atoms with Crippen molar-refractivity contribution in [3.63, 3.8) is 0 Å². The number of nitrogens with zero attached hydrogens (tertiary/aromatic N) is 3. The van der Waals surface area contributed by atoms with Crippen LogP contribution in [-0.2, 0) is 0 Å². The lowest BCUT2D eigenvalue weighted by atomic mass is 10.1. The summed E-state index contributed by atoms with van der Waals surface area (Å²) >= 11 is 0. The highest BCUT2D eigenvalue weighted by atomic mass is 15.2. The van der Waals surface area contributed by atoms with Gasteiger partial charge in [0.25, 0.3) is 0 Å². The van der Waals surface area contributed by atoms with Gasteiger partial charge in [0.2, 0.25) is 0 Å². The van der Waals surface area contributed by atoms with Crippen LogP contribution in [0.1, 0.15) is 53.4 Å². The third-order valence-electron chi connectivity index (χ3n) is 4.88. The van der Waals surface area contributed by atoms with Crippen molar-refractivity contribution in [3.05, 3.63) is 0 Å². The number of hydrogen-bond donors (Lipinski definition) is 2. The van der Waals surface area contributed by atoms with E-state index in [1.54, 1.807) is 0 Å². The number of guanidine groups is 1. The molecule has 1 aliphatic heterocycles. The summed E-state index contributed by atoms with van der Waals surface area (Å²) in [6.07, 6.45) is 4.88. The number of nitrogens with one attached hydrogen (secondary N) is 2. The molecule has 0 bridgehead atoms. The Labute approximate surface area is 143 Å². The van der Waals surface area contributed by atoms with Crippen molar-refractivity contribution in [1.29, 1.82) is 0 Å². The van der Waals surface area contributed by atoms with E-state index in [4.69, 9.17) is 4.99 Å². The molecule has 1 unspecified atom stereocenters. The summed E-state index contributed by atoms with van der Waals surface area (Å²) in [6.45, 7) is 15.3. The second-order valence-corrected chi connectivity index (χ2v) is 6.76. The Morgan fingerprint density at radius 2 is 1.96 bits per heavy atom. The van der Waals surface area contributed by atoms with E-state index < -0.39 is 0 Å². The molecule has 0 aromatic rings. The van der Waals surface area contributed by atoms with Crippen LogP contribution in [0, 0.1) is 0 Å². The quantitative estimate of drug-likeness (QED) is 0.503. The second-order valence-electron chi connectivity index (χ2n) is 6.76. The Morgan fingerprint density at radius 1 is 1.26 bits per heavy atom. The average Bonchev–Trinajstić information content (AvgIpc) is 2.56. The zero-order chi connectivity index (χ0) is 17.1. The smallest absolute Gasteiger partial charge is 0.191 e. The van der Waals surface area contributed by atoms with Crippen LogP contribution >= 0.6 is 0 Å². The predicted octanol–water partition coefficient (Wildman–Crippen LogP) is 2.15. The molecule has 0 saturated carbocycles. The lowest BCUT2D eigenvalue weighted by molar-refractivity contribution is 0.206. The number of likely N-dealkylation sites (tertiary alicyclic amines) is 1. The molecular weight excluding hydrogens is 286 g/mol. The van der Waals surface area contributed by atoms with Crippen molar-refractivity contribution < 1.29 is 0 Å². The lowest BCUT2D eigenvalue weighted by Crippen LogP contribution is -2.49. The number of hydrogen-bond acceptors (Lipinski definition) is 3. The number of piperidine rings is 1. The van der Waals surface area contributed by atoms with E-state index in [2.05, 4.69) is 55.2 Å². The minimum Gasteiger partial charge on any atom is -0.357 e. The maximum atomic E-state index is 4.76. The molecule has 1 saturated heterocycles. The van der Waals surface area contributed by atoms with Crippen LogP contribution in [0.15, 0.2) is 4.99 Å². The van der Waals surface area contributed by atoms with E-state index in [1.165, 1.54) is 45.3 Å². The molecule has 5 nitrogen and oxygen atoms in total. The molecule has 136 valence electrons. The molecule has 1 fully saturated rings. The van der Waals surface area contributed by atoms with Gasteiger partial charge < -0.3 is 20.4 Å². The third kappa shape index (κ3) is 8.02. The SMILES string of the molecule is CCCN1CCC(NC(=NCCN(C)C(C)CC)NCC)CC1. The van der Waals surface area contributed by atoms with Crippen molar-refractivity contribution in [2.45, 2.75) is 65.5 Å². The molecule has 1 aliphatic rings.